The van der Waals surface area contributed by atoms with Gasteiger partial charge in [-0.3, -0.25) is 4.79 Å². The maximum atomic E-state index is 14.2. The van der Waals surface area contributed by atoms with E-state index >= 15 is 0 Å². The summed E-state index contributed by atoms with van der Waals surface area (Å²) in [4.78, 5) is 17.6. The van der Waals surface area contributed by atoms with Crippen LogP contribution in [0.4, 0.5) is 18.9 Å². The Morgan fingerprint density at radius 1 is 1.16 bits per heavy atom. The molecule has 0 bridgehead atoms. The topological polar surface area (TPSA) is 81.1 Å². The summed E-state index contributed by atoms with van der Waals surface area (Å²) in [6.45, 7) is -2.34. The van der Waals surface area contributed by atoms with Crippen LogP contribution < -0.4 is 15.4 Å². The normalized spacial score (nSPS) is 18.2. The van der Waals surface area contributed by atoms with E-state index in [0.717, 1.165) is 11.3 Å². The molecular formula is C26H19ClF3N5O2. The first kappa shape index (κ1) is 23.4. The molecule has 0 aliphatic carbocycles. The van der Waals surface area contributed by atoms with E-state index in [2.05, 4.69) is 20.7 Å². The zero-order chi connectivity index (χ0) is 25.7. The minimum Gasteiger partial charge on any atom is -0.493 e. The molecule has 7 nitrogen and oxygen atoms in total. The van der Waals surface area contributed by atoms with Crippen LogP contribution in [-0.4, -0.2) is 27.3 Å². The number of anilines is 1. The van der Waals surface area contributed by atoms with Crippen molar-refractivity contribution in [2.45, 2.75) is 25.1 Å². The third-order valence-electron chi connectivity index (χ3n) is 6.49. The fraction of sp³-hybridized carbons (Fsp3) is 0.192. The predicted octanol–water partition coefficient (Wildman–Crippen LogP) is 5.90. The minimum absolute atomic E-state index is 0.0930. The zero-order valence-corrected chi connectivity index (χ0v) is 19.8. The Bertz CT molecular complexity index is 1530. The molecular weight excluding hydrogens is 507 g/mol. The molecule has 4 aromatic rings. The summed E-state index contributed by atoms with van der Waals surface area (Å²) in [7, 11) is 0. The number of halogens is 4. The van der Waals surface area contributed by atoms with Crippen molar-refractivity contribution in [3.63, 3.8) is 0 Å². The number of ether oxygens (including phenoxy) is 1. The van der Waals surface area contributed by atoms with Crippen LogP contribution in [0.25, 0.3) is 11.3 Å². The Hall–Kier alpha value is -4.05. The minimum atomic E-state index is -2.82. The number of hydrogen-bond acceptors (Lipinski definition) is 5. The average Bonchev–Trinajstić information content (AvgIpc) is 3.52. The van der Waals surface area contributed by atoms with Gasteiger partial charge in [0.15, 0.2) is 0 Å². The van der Waals surface area contributed by atoms with Gasteiger partial charge in [-0.15, -0.1) is 0 Å². The van der Waals surface area contributed by atoms with Crippen molar-refractivity contribution >= 4 is 23.2 Å². The highest BCUT2D eigenvalue weighted by Gasteiger charge is 2.37. The van der Waals surface area contributed by atoms with E-state index in [0.29, 0.717) is 40.1 Å². The molecule has 2 aliphatic rings. The number of fused-ring (bicyclic) bond motifs is 2. The second kappa shape index (κ2) is 9.11. The largest absolute Gasteiger partial charge is 0.493 e. The number of alkyl halides is 2. The number of para-hydroxylation sites is 1. The number of benzene rings is 2. The van der Waals surface area contributed by atoms with Gasteiger partial charge in [0.2, 0.25) is 0 Å². The lowest BCUT2D eigenvalue weighted by molar-refractivity contribution is 0.0566. The van der Waals surface area contributed by atoms with Gasteiger partial charge in [0.1, 0.15) is 17.3 Å². The summed E-state index contributed by atoms with van der Waals surface area (Å²) in [6, 6.07) is 12.3. The number of nitrogens with zero attached hydrogens (tertiary/aromatic N) is 3. The van der Waals surface area contributed by atoms with Crippen molar-refractivity contribution in [2.24, 2.45) is 0 Å². The number of carbonyl (C=O) groups excluding carboxylic acids is 1. The standard InChI is InChI=1S/C26H19ClF3N5O2/c27-17-6-5-14(28)9-16(17)23-22-20(32-18-7-8-37-21-4-2-1-3-15(18)21)10-19(33-24(22)25(36)34-23)13-11-31-35(12-13)26(29)30/h1-6,9-12,18,23,26H,7-8H2,(H,32,33)(H,34,36)/t18-,23-/m1/s1. The molecule has 2 N–H and O–H groups in total. The smallest absolute Gasteiger partial charge is 0.333 e. The number of hydrogen-bond donors (Lipinski definition) is 2. The first-order chi connectivity index (χ1) is 17.9. The molecule has 37 heavy (non-hydrogen) atoms. The van der Waals surface area contributed by atoms with Crippen LogP contribution in [0.15, 0.2) is 60.9 Å². The molecule has 2 aromatic carbocycles. The van der Waals surface area contributed by atoms with E-state index in [9.17, 15) is 18.0 Å². The number of amides is 1. The zero-order valence-electron chi connectivity index (χ0n) is 19.1. The molecule has 1 amide bonds. The van der Waals surface area contributed by atoms with E-state index < -0.39 is 24.3 Å². The van der Waals surface area contributed by atoms with Gasteiger partial charge in [-0.2, -0.15) is 13.9 Å². The number of nitrogens with one attached hydrogen (secondary N) is 2. The summed E-state index contributed by atoms with van der Waals surface area (Å²) in [6.07, 6.45) is 3.07. The molecule has 0 fully saturated rings. The number of pyridine rings is 1. The lowest BCUT2D eigenvalue weighted by Gasteiger charge is -2.29. The van der Waals surface area contributed by atoms with Crippen LogP contribution in [0.5, 0.6) is 5.75 Å². The second-order valence-corrected chi connectivity index (χ2v) is 9.16. The summed E-state index contributed by atoms with van der Waals surface area (Å²) in [5.41, 5.74) is 3.04. The average molecular weight is 526 g/mol. The first-order valence-corrected chi connectivity index (χ1v) is 11.9. The fourth-order valence-electron chi connectivity index (χ4n) is 4.79. The van der Waals surface area contributed by atoms with Gasteiger partial charge in [0, 0.05) is 45.6 Å². The molecule has 0 saturated carbocycles. The van der Waals surface area contributed by atoms with E-state index in [1.54, 1.807) is 6.07 Å². The molecule has 0 saturated heterocycles. The summed E-state index contributed by atoms with van der Waals surface area (Å²) >= 11 is 6.40. The molecule has 2 atom stereocenters. The Balaban J connectivity index is 1.51. The summed E-state index contributed by atoms with van der Waals surface area (Å²) in [5, 5.41) is 10.3. The summed E-state index contributed by atoms with van der Waals surface area (Å²) in [5.74, 6) is -0.243. The molecule has 6 rings (SSSR count). The molecule has 4 heterocycles. The Morgan fingerprint density at radius 2 is 2.00 bits per heavy atom. The van der Waals surface area contributed by atoms with Gasteiger partial charge < -0.3 is 15.4 Å². The van der Waals surface area contributed by atoms with Crippen LogP contribution in [0.3, 0.4) is 0 Å². The number of carbonyl (C=O) groups is 1. The molecule has 0 spiro atoms. The molecule has 11 heteroatoms. The molecule has 0 radical (unpaired) electrons. The van der Waals surface area contributed by atoms with Crippen LogP contribution in [0.1, 0.15) is 52.2 Å². The van der Waals surface area contributed by atoms with Crippen molar-refractivity contribution in [2.75, 3.05) is 11.9 Å². The van der Waals surface area contributed by atoms with E-state index in [1.165, 1.54) is 30.6 Å². The number of rotatable bonds is 5. The monoisotopic (exact) mass is 525 g/mol. The Morgan fingerprint density at radius 3 is 2.81 bits per heavy atom. The SMILES string of the molecule is O=C1N[C@H](c2cc(F)ccc2Cl)c2c(N[C@@H]3CCOc4ccccc43)cc(-c3cnn(C(F)F)c3)nc21. The van der Waals surface area contributed by atoms with Gasteiger partial charge in [-0.25, -0.2) is 14.1 Å². The molecule has 188 valence electrons. The molecule has 2 aromatic heterocycles. The maximum Gasteiger partial charge on any atom is 0.333 e. The first-order valence-electron chi connectivity index (χ1n) is 11.5. The lowest BCUT2D eigenvalue weighted by atomic mass is 9.95. The quantitative estimate of drug-likeness (QED) is 0.339. The molecule has 2 aliphatic heterocycles. The maximum absolute atomic E-state index is 14.2. The van der Waals surface area contributed by atoms with Gasteiger partial charge in [0.05, 0.1) is 30.6 Å². The van der Waals surface area contributed by atoms with Crippen molar-refractivity contribution in [1.82, 2.24) is 20.1 Å². The van der Waals surface area contributed by atoms with Gasteiger partial charge in [-0.05, 0) is 30.3 Å². The highest BCUT2D eigenvalue weighted by molar-refractivity contribution is 6.31. The second-order valence-electron chi connectivity index (χ2n) is 8.75. The van der Waals surface area contributed by atoms with E-state index in [-0.39, 0.29) is 22.5 Å². The third kappa shape index (κ3) is 4.17. The van der Waals surface area contributed by atoms with E-state index in [1.807, 2.05) is 24.3 Å². The highest BCUT2D eigenvalue weighted by Crippen LogP contribution is 2.43. The van der Waals surface area contributed by atoms with Crippen LogP contribution in [0, 0.1) is 5.82 Å². The van der Waals surface area contributed by atoms with Crippen LogP contribution in [0.2, 0.25) is 5.02 Å². The van der Waals surface area contributed by atoms with Crippen molar-refractivity contribution in [1.29, 1.82) is 0 Å². The van der Waals surface area contributed by atoms with Crippen molar-refractivity contribution in [3.05, 3.63) is 94.1 Å². The van der Waals surface area contributed by atoms with Gasteiger partial charge in [0.25, 0.3) is 5.91 Å². The fourth-order valence-corrected chi connectivity index (χ4v) is 5.01. The van der Waals surface area contributed by atoms with Crippen LogP contribution >= 0.6 is 11.6 Å². The highest BCUT2D eigenvalue weighted by atomic mass is 35.5. The Kier molecular flexibility index (Phi) is 5.75. The van der Waals surface area contributed by atoms with Crippen LogP contribution in [-0.2, 0) is 0 Å². The van der Waals surface area contributed by atoms with E-state index in [4.69, 9.17) is 16.3 Å². The number of aromatic nitrogens is 3. The molecule has 0 unspecified atom stereocenters. The van der Waals surface area contributed by atoms with Crippen molar-refractivity contribution < 1.29 is 22.7 Å². The van der Waals surface area contributed by atoms with Gasteiger partial charge >= 0.3 is 6.55 Å². The van der Waals surface area contributed by atoms with Crippen molar-refractivity contribution in [3.8, 4) is 17.0 Å². The predicted molar refractivity (Wildman–Crippen MR) is 130 cm³/mol. The summed E-state index contributed by atoms with van der Waals surface area (Å²) < 4.78 is 46.8. The lowest BCUT2D eigenvalue weighted by Crippen LogP contribution is -2.22. The third-order valence-corrected chi connectivity index (χ3v) is 6.84. The van der Waals surface area contributed by atoms with Gasteiger partial charge in [-0.1, -0.05) is 29.8 Å². The Labute approximate surface area is 214 Å².